The third-order valence-electron chi connectivity index (χ3n) is 6.08. The van der Waals surface area contributed by atoms with Crippen molar-refractivity contribution in [1.82, 2.24) is 15.5 Å². The van der Waals surface area contributed by atoms with E-state index in [9.17, 15) is 9.59 Å². The van der Waals surface area contributed by atoms with Crippen molar-refractivity contribution < 1.29 is 9.59 Å². The van der Waals surface area contributed by atoms with Crippen molar-refractivity contribution in [3.05, 3.63) is 0 Å². The van der Waals surface area contributed by atoms with Gasteiger partial charge in [-0.2, -0.15) is 0 Å². The van der Waals surface area contributed by atoms with E-state index in [4.69, 9.17) is 0 Å². The topological polar surface area (TPSA) is 61.4 Å². The van der Waals surface area contributed by atoms with Crippen LogP contribution in [0.3, 0.4) is 0 Å². The van der Waals surface area contributed by atoms with E-state index < -0.39 is 0 Å². The molecule has 0 aromatic heterocycles. The zero-order chi connectivity index (χ0) is 14.6. The Labute approximate surface area is 138 Å². The average Bonchev–Trinajstić information content (AvgIpc) is 3.32. The third kappa shape index (κ3) is 2.73. The molecule has 6 heteroatoms. The summed E-state index contributed by atoms with van der Waals surface area (Å²) in [6.07, 6.45) is 4.92. The van der Waals surface area contributed by atoms with Crippen molar-refractivity contribution in [2.24, 2.45) is 17.3 Å². The fourth-order valence-electron chi connectivity index (χ4n) is 4.38. The van der Waals surface area contributed by atoms with Crippen molar-refractivity contribution >= 4 is 24.2 Å². The van der Waals surface area contributed by atoms with Gasteiger partial charge in [0.05, 0.1) is 6.04 Å². The second-order valence-corrected chi connectivity index (χ2v) is 7.61. The summed E-state index contributed by atoms with van der Waals surface area (Å²) in [7, 11) is 0. The van der Waals surface area contributed by atoms with Crippen LogP contribution in [0.2, 0.25) is 0 Å². The molecule has 2 amide bonds. The van der Waals surface area contributed by atoms with Crippen molar-refractivity contribution in [1.29, 1.82) is 0 Å². The smallest absolute Gasteiger partial charge is 0.225 e. The molecule has 4 aliphatic rings. The Morgan fingerprint density at radius 3 is 2.68 bits per heavy atom. The summed E-state index contributed by atoms with van der Waals surface area (Å²) in [5.74, 6) is 1.26. The lowest BCUT2D eigenvalue weighted by Crippen LogP contribution is -2.40. The number of rotatable bonds is 3. The van der Waals surface area contributed by atoms with Gasteiger partial charge in [0.1, 0.15) is 0 Å². The average molecular weight is 328 g/mol. The highest BCUT2D eigenvalue weighted by Crippen LogP contribution is 2.58. The molecule has 2 aliphatic heterocycles. The quantitative estimate of drug-likeness (QED) is 0.810. The number of carbonyl (C=O) groups excluding carboxylic acids is 2. The van der Waals surface area contributed by atoms with Crippen LogP contribution in [0.15, 0.2) is 0 Å². The molecular weight excluding hydrogens is 302 g/mol. The molecule has 2 N–H and O–H groups in total. The molecule has 2 saturated carbocycles. The largest absolute Gasteiger partial charge is 0.351 e. The summed E-state index contributed by atoms with van der Waals surface area (Å²) >= 11 is 0. The predicted molar refractivity (Wildman–Crippen MR) is 85.7 cm³/mol. The normalized spacial score (nSPS) is 38.6. The standard InChI is InChI=1S/C16H25N3O2.ClH/c1-10-6-13(10)19-9-11(7-14(19)20)18-15(21)12-8-16(12)2-4-17-5-3-16;/h10-13,17H,2-9H2,1H3,(H,18,21);1H. The summed E-state index contributed by atoms with van der Waals surface area (Å²) in [5, 5.41) is 6.51. The molecule has 2 saturated heterocycles. The number of halogens is 1. The van der Waals surface area contributed by atoms with Gasteiger partial charge in [-0.25, -0.2) is 0 Å². The highest BCUT2D eigenvalue weighted by atomic mass is 35.5. The second-order valence-electron chi connectivity index (χ2n) is 7.61. The molecule has 0 bridgehead atoms. The van der Waals surface area contributed by atoms with Crippen molar-refractivity contribution in [2.75, 3.05) is 19.6 Å². The van der Waals surface area contributed by atoms with Crippen LogP contribution >= 0.6 is 12.4 Å². The van der Waals surface area contributed by atoms with Gasteiger partial charge in [0.25, 0.3) is 0 Å². The van der Waals surface area contributed by atoms with Crippen molar-refractivity contribution in [3.63, 3.8) is 0 Å². The van der Waals surface area contributed by atoms with Crippen LogP contribution < -0.4 is 10.6 Å². The highest BCUT2D eigenvalue weighted by Gasteiger charge is 2.58. The first-order valence-corrected chi connectivity index (χ1v) is 8.40. The maximum Gasteiger partial charge on any atom is 0.225 e. The van der Waals surface area contributed by atoms with Gasteiger partial charge in [0.15, 0.2) is 0 Å². The van der Waals surface area contributed by atoms with Crippen LogP contribution in [0, 0.1) is 17.3 Å². The Bertz CT molecular complexity index is 478. The van der Waals surface area contributed by atoms with Crippen LogP contribution in [0.5, 0.6) is 0 Å². The van der Waals surface area contributed by atoms with Crippen LogP contribution in [0.25, 0.3) is 0 Å². The van der Waals surface area contributed by atoms with E-state index in [0.717, 1.165) is 45.3 Å². The summed E-state index contributed by atoms with van der Waals surface area (Å²) < 4.78 is 0. The number of nitrogens with zero attached hydrogens (tertiary/aromatic N) is 1. The maximum absolute atomic E-state index is 12.4. The third-order valence-corrected chi connectivity index (χ3v) is 6.08. The van der Waals surface area contributed by atoms with E-state index in [1.54, 1.807) is 0 Å². The van der Waals surface area contributed by atoms with E-state index >= 15 is 0 Å². The number of likely N-dealkylation sites (tertiary alicyclic amines) is 1. The molecular formula is C16H26ClN3O2. The number of hydrogen-bond donors (Lipinski definition) is 2. The Balaban J connectivity index is 0.00000144. The first-order valence-electron chi connectivity index (χ1n) is 8.40. The zero-order valence-electron chi connectivity index (χ0n) is 13.1. The first-order chi connectivity index (χ1) is 10.1. The SMILES string of the molecule is CC1CC1N1CC(NC(=O)C2CC23CCNCC3)CC1=O.Cl. The maximum atomic E-state index is 12.4. The van der Waals surface area contributed by atoms with Gasteiger partial charge in [0, 0.05) is 24.9 Å². The molecule has 4 unspecified atom stereocenters. The highest BCUT2D eigenvalue weighted by molar-refractivity contribution is 5.86. The molecule has 4 rings (SSSR count). The number of nitrogens with one attached hydrogen (secondary N) is 2. The van der Waals surface area contributed by atoms with Gasteiger partial charge < -0.3 is 15.5 Å². The van der Waals surface area contributed by atoms with Gasteiger partial charge >= 0.3 is 0 Å². The van der Waals surface area contributed by atoms with Gasteiger partial charge in [0.2, 0.25) is 11.8 Å². The summed E-state index contributed by atoms with van der Waals surface area (Å²) in [6, 6.07) is 0.480. The molecule has 2 heterocycles. The molecule has 124 valence electrons. The van der Waals surface area contributed by atoms with E-state index in [0.29, 0.717) is 18.4 Å². The molecule has 22 heavy (non-hydrogen) atoms. The van der Waals surface area contributed by atoms with Gasteiger partial charge in [-0.15, -0.1) is 12.4 Å². The summed E-state index contributed by atoms with van der Waals surface area (Å²) in [5.41, 5.74) is 0.280. The zero-order valence-corrected chi connectivity index (χ0v) is 14.0. The Hall–Kier alpha value is -0.810. The second kappa shape index (κ2) is 5.68. The van der Waals surface area contributed by atoms with E-state index in [1.165, 1.54) is 0 Å². The fraction of sp³-hybridized carbons (Fsp3) is 0.875. The van der Waals surface area contributed by atoms with Gasteiger partial charge in [-0.1, -0.05) is 6.92 Å². The Morgan fingerprint density at radius 2 is 2.05 bits per heavy atom. The molecule has 4 atom stereocenters. The lowest BCUT2D eigenvalue weighted by molar-refractivity contribution is -0.128. The monoisotopic (exact) mass is 327 g/mol. The van der Waals surface area contributed by atoms with Crippen LogP contribution in [-0.4, -0.2) is 48.4 Å². The molecule has 4 fully saturated rings. The van der Waals surface area contributed by atoms with Crippen LogP contribution in [0.4, 0.5) is 0 Å². The van der Waals surface area contributed by atoms with E-state index in [-0.39, 0.29) is 41.6 Å². The Morgan fingerprint density at radius 1 is 1.36 bits per heavy atom. The minimum Gasteiger partial charge on any atom is -0.351 e. The molecule has 0 radical (unpaired) electrons. The summed E-state index contributed by atoms with van der Waals surface area (Å²) in [6.45, 7) is 4.99. The lowest BCUT2D eigenvalue weighted by Gasteiger charge is -2.23. The first kappa shape index (κ1) is 16.1. The lowest BCUT2D eigenvalue weighted by atomic mass is 9.91. The number of hydrogen-bond acceptors (Lipinski definition) is 3. The minimum atomic E-state index is 0. The minimum absolute atomic E-state index is 0. The van der Waals surface area contributed by atoms with Crippen molar-refractivity contribution in [2.45, 2.75) is 51.1 Å². The van der Waals surface area contributed by atoms with E-state index in [2.05, 4.69) is 17.6 Å². The molecule has 0 aromatic carbocycles. The molecule has 0 aromatic rings. The van der Waals surface area contributed by atoms with Crippen LogP contribution in [-0.2, 0) is 9.59 Å². The van der Waals surface area contributed by atoms with Crippen LogP contribution in [0.1, 0.15) is 39.0 Å². The predicted octanol–water partition coefficient (Wildman–Crippen LogP) is 0.923. The summed E-state index contributed by atoms with van der Waals surface area (Å²) in [4.78, 5) is 26.5. The molecule has 1 spiro atoms. The van der Waals surface area contributed by atoms with Gasteiger partial charge in [-0.05, 0) is 50.1 Å². The molecule has 5 nitrogen and oxygen atoms in total. The number of carbonyl (C=O) groups is 2. The fourth-order valence-corrected chi connectivity index (χ4v) is 4.38. The van der Waals surface area contributed by atoms with Gasteiger partial charge in [-0.3, -0.25) is 9.59 Å². The molecule has 2 aliphatic carbocycles. The number of amides is 2. The van der Waals surface area contributed by atoms with Crippen molar-refractivity contribution in [3.8, 4) is 0 Å². The van der Waals surface area contributed by atoms with E-state index in [1.807, 2.05) is 4.90 Å². The number of piperidine rings is 1. The Kier molecular flexibility index (Phi) is 4.14.